The van der Waals surface area contributed by atoms with Gasteiger partial charge in [-0.15, -0.1) is 0 Å². The number of rotatable bonds is 2. The molecule has 0 saturated carbocycles. The Balaban J connectivity index is 4.75. The van der Waals surface area contributed by atoms with Crippen LogP contribution in [0.15, 0.2) is 22.0 Å². The number of ether oxygens (including phenoxy) is 1. The highest BCUT2D eigenvalue weighted by Gasteiger charge is 2.16. The number of carbonyl (C=O) groups excluding carboxylic acids is 1. The summed E-state index contributed by atoms with van der Waals surface area (Å²) in [4.78, 5) is 19.0. The Bertz CT molecular complexity index is 389. The summed E-state index contributed by atoms with van der Waals surface area (Å²) in [6, 6.07) is 0. The molecule has 18 heavy (non-hydrogen) atoms. The number of aliphatic imine (C=N–C) groups is 2. The standard InChI is InChI=1S/C12H20FN3O2/c1-8(13)7-15-10(14-6)9(2)16-11(17)18-12(3,4)5/h7H,1-6H3,(H,14,15). The topological polar surface area (TPSA) is 63.0 Å². The lowest BCUT2D eigenvalue weighted by molar-refractivity contribution is 0.0604. The van der Waals surface area contributed by atoms with Crippen molar-refractivity contribution in [1.29, 1.82) is 0 Å². The summed E-state index contributed by atoms with van der Waals surface area (Å²) in [5, 5.41) is 2.61. The first-order valence-corrected chi connectivity index (χ1v) is 5.50. The molecule has 0 atom stereocenters. The summed E-state index contributed by atoms with van der Waals surface area (Å²) in [7, 11) is 1.51. The maximum absolute atomic E-state index is 12.6. The first kappa shape index (κ1) is 16.3. The van der Waals surface area contributed by atoms with Gasteiger partial charge in [-0.3, -0.25) is 4.99 Å². The summed E-state index contributed by atoms with van der Waals surface area (Å²) in [6.45, 7) is 8.12. The van der Waals surface area contributed by atoms with Crippen LogP contribution in [-0.4, -0.2) is 30.3 Å². The van der Waals surface area contributed by atoms with E-state index in [9.17, 15) is 9.18 Å². The van der Waals surface area contributed by atoms with E-state index in [0.29, 0.717) is 11.5 Å². The Morgan fingerprint density at radius 3 is 2.28 bits per heavy atom. The second kappa shape index (κ2) is 6.88. The van der Waals surface area contributed by atoms with Crippen LogP contribution >= 0.6 is 0 Å². The van der Waals surface area contributed by atoms with Gasteiger partial charge in [-0.25, -0.2) is 9.18 Å². The third-order valence-corrected chi connectivity index (χ3v) is 1.63. The first-order valence-electron chi connectivity index (χ1n) is 5.50. The van der Waals surface area contributed by atoms with E-state index in [1.165, 1.54) is 14.0 Å². The number of hydrogen-bond donors (Lipinski definition) is 1. The SMILES string of the molecule is CN=C(NC=C(C)F)C(C)=NC(=O)OC(C)(C)C. The van der Waals surface area contributed by atoms with Crippen molar-refractivity contribution in [3.8, 4) is 0 Å². The van der Waals surface area contributed by atoms with E-state index < -0.39 is 17.5 Å². The molecule has 0 aromatic rings. The minimum Gasteiger partial charge on any atom is -0.442 e. The molecule has 0 aromatic carbocycles. The Labute approximate surface area is 107 Å². The molecule has 1 N–H and O–H groups in total. The van der Waals surface area contributed by atoms with E-state index in [-0.39, 0.29) is 0 Å². The number of carbonyl (C=O) groups is 1. The molecule has 0 radical (unpaired) electrons. The van der Waals surface area contributed by atoms with Crippen LogP contribution in [-0.2, 0) is 4.74 Å². The van der Waals surface area contributed by atoms with Crippen LogP contribution in [0, 0.1) is 0 Å². The van der Waals surface area contributed by atoms with Gasteiger partial charge in [0, 0.05) is 13.2 Å². The van der Waals surface area contributed by atoms with E-state index >= 15 is 0 Å². The van der Waals surface area contributed by atoms with Gasteiger partial charge in [0.1, 0.15) is 17.3 Å². The first-order chi connectivity index (χ1) is 8.15. The molecule has 0 aliphatic carbocycles. The van der Waals surface area contributed by atoms with Gasteiger partial charge in [0.05, 0.1) is 5.71 Å². The lowest BCUT2D eigenvalue weighted by atomic mass is 10.2. The molecule has 0 aromatic heterocycles. The highest BCUT2D eigenvalue weighted by molar-refractivity contribution is 6.41. The fraction of sp³-hybridized carbons (Fsp3) is 0.583. The zero-order valence-corrected chi connectivity index (χ0v) is 11.7. The van der Waals surface area contributed by atoms with Crippen molar-refractivity contribution in [3.63, 3.8) is 0 Å². The quantitative estimate of drug-likeness (QED) is 0.611. The molecule has 0 aliphatic heterocycles. The van der Waals surface area contributed by atoms with Gasteiger partial charge >= 0.3 is 6.09 Å². The monoisotopic (exact) mass is 257 g/mol. The van der Waals surface area contributed by atoms with Crippen molar-refractivity contribution in [1.82, 2.24) is 5.32 Å². The normalized spacial score (nSPS) is 14.5. The summed E-state index contributed by atoms with van der Waals surface area (Å²) in [5.74, 6) is -0.0981. The highest BCUT2D eigenvalue weighted by atomic mass is 19.1. The zero-order chi connectivity index (χ0) is 14.3. The average Bonchev–Trinajstić information content (AvgIpc) is 2.14. The summed E-state index contributed by atoms with van der Waals surface area (Å²) >= 11 is 0. The van der Waals surface area contributed by atoms with Crippen molar-refractivity contribution in [2.45, 2.75) is 40.2 Å². The van der Waals surface area contributed by atoms with E-state index in [1.54, 1.807) is 27.7 Å². The number of allylic oxidation sites excluding steroid dienone is 1. The lowest BCUT2D eigenvalue weighted by Gasteiger charge is -2.17. The van der Waals surface area contributed by atoms with Crippen molar-refractivity contribution < 1.29 is 13.9 Å². The third kappa shape index (κ3) is 7.54. The lowest BCUT2D eigenvalue weighted by Crippen LogP contribution is -2.28. The van der Waals surface area contributed by atoms with Gasteiger partial charge < -0.3 is 10.1 Å². The molecule has 6 heteroatoms. The third-order valence-electron chi connectivity index (χ3n) is 1.63. The van der Waals surface area contributed by atoms with Crippen molar-refractivity contribution in [2.75, 3.05) is 7.05 Å². The molecule has 102 valence electrons. The molecule has 0 aliphatic rings. The van der Waals surface area contributed by atoms with Crippen molar-refractivity contribution >= 4 is 17.6 Å². The number of amidine groups is 1. The smallest absolute Gasteiger partial charge is 0.434 e. The number of hydrogen-bond acceptors (Lipinski definition) is 3. The number of amides is 1. The van der Waals surface area contributed by atoms with Crippen LogP contribution in [0.5, 0.6) is 0 Å². The highest BCUT2D eigenvalue weighted by Crippen LogP contribution is 2.08. The Hall–Kier alpha value is -1.72. The Morgan fingerprint density at radius 1 is 1.33 bits per heavy atom. The molecular weight excluding hydrogens is 237 g/mol. The number of nitrogens with one attached hydrogen (secondary N) is 1. The van der Waals surface area contributed by atoms with E-state index in [4.69, 9.17) is 4.74 Å². The largest absolute Gasteiger partial charge is 0.442 e. The van der Waals surface area contributed by atoms with Crippen LogP contribution in [0.4, 0.5) is 9.18 Å². The molecule has 1 amide bonds. The molecule has 0 fully saturated rings. The van der Waals surface area contributed by atoms with Crippen LogP contribution in [0.25, 0.3) is 0 Å². The van der Waals surface area contributed by atoms with Gasteiger partial charge in [-0.05, 0) is 34.6 Å². The summed E-state index contributed by atoms with van der Waals surface area (Å²) < 4.78 is 17.6. The molecule has 0 spiro atoms. The van der Waals surface area contributed by atoms with Gasteiger partial charge in [0.2, 0.25) is 0 Å². The van der Waals surface area contributed by atoms with Gasteiger partial charge in [-0.1, -0.05) is 0 Å². The zero-order valence-electron chi connectivity index (χ0n) is 11.7. The maximum atomic E-state index is 12.6. The molecule has 0 unspecified atom stereocenters. The number of halogens is 1. The predicted octanol–water partition coefficient (Wildman–Crippen LogP) is 2.83. The van der Waals surface area contributed by atoms with Gasteiger partial charge in [0.15, 0.2) is 0 Å². The van der Waals surface area contributed by atoms with Gasteiger partial charge in [0.25, 0.3) is 0 Å². The summed E-state index contributed by atoms with van der Waals surface area (Å²) in [6.07, 6.45) is 0.431. The number of nitrogens with zero attached hydrogens (tertiary/aromatic N) is 2. The second-order valence-corrected chi connectivity index (χ2v) is 4.63. The van der Waals surface area contributed by atoms with Crippen molar-refractivity contribution in [2.24, 2.45) is 9.98 Å². The minimum atomic E-state index is -0.705. The Morgan fingerprint density at radius 2 is 1.89 bits per heavy atom. The molecule has 0 rings (SSSR count). The van der Waals surface area contributed by atoms with Gasteiger partial charge in [-0.2, -0.15) is 4.99 Å². The maximum Gasteiger partial charge on any atom is 0.434 e. The fourth-order valence-electron chi connectivity index (χ4n) is 0.973. The fourth-order valence-corrected chi connectivity index (χ4v) is 0.973. The molecule has 0 heterocycles. The minimum absolute atomic E-state index is 0.304. The van der Waals surface area contributed by atoms with Crippen molar-refractivity contribution in [3.05, 3.63) is 12.0 Å². The molecule has 0 bridgehead atoms. The molecule has 0 saturated heterocycles. The average molecular weight is 257 g/mol. The predicted molar refractivity (Wildman–Crippen MR) is 70.7 cm³/mol. The van der Waals surface area contributed by atoms with E-state index in [2.05, 4.69) is 15.3 Å². The molecular formula is C12H20FN3O2. The summed E-state index contributed by atoms with van der Waals surface area (Å²) in [5.41, 5.74) is -0.281. The second-order valence-electron chi connectivity index (χ2n) is 4.63. The van der Waals surface area contributed by atoms with Crippen LogP contribution < -0.4 is 5.32 Å². The van der Waals surface area contributed by atoms with Crippen LogP contribution in [0.3, 0.4) is 0 Å². The van der Waals surface area contributed by atoms with E-state index in [0.717, 1.165) is 6.20 Å². The van der Waals surface area contributed by atoms with Crippen LogP contribution in [0.1, 0.15) is 34.6 Å². The molecule has 5 nitrogen and oxygen atoms in total. The van der Waals surface area contributed by atoms with E-state index in [1.807, 2.05) is 0 Å². The Kier molecular flexibility index (Phi) is 6.22. The van der Waals surface area contributed by atoms with Crippen LogP contribution in [0.2, 0.25) is 0 Å².